The molecule has 4 nitrogen and oxygen atoms in total. The third-order valence-electron chi connectivity index (χ3n) is 3.38. The molecule has 1 amide bonds. The van der Waals surface area contributed by atoms with Gasteiger partial charge in [-0.1, -0.05) is 15.9 Å². The van der Waals surface area contributed by atoms with E-state index in [0.717, 1.165) is 10.9 Å². The molecule has 1 aromatic rings. The zero-order valence-electron chi connectivity index (χ0n) is 11.1. The Bertz CT molecular complexity index is 478. The van der Waals surface area contributed by atoms with E-state index >= 15 is 0 Å². The molecule has 1 aromatic carbocycles. The number of hydrogen-bond donors (Lipinski definition) is 1. The molecular weight excluding hydrogens is 310 g/mol. The molecule has 1 aliphatic heterocycles. The number of phenolic OH excluding ortho intramolecular Hbond substituents is 1. The lowest BCUT2D eigenvalue weighted by molar-refractivity contribution is -0.0361. The highest BCUT2D eigenvalue weighted by atomic mass is 79.9. The number of benzene rings is 1. The molecule has 1 aliphatic rings. The fourth-order valence-corrected chi connectivity index (χ4v) is 2.63. The summed E-state index contributed by atoms with van der Waals surface area (Å²) in [7, 11) is 0. The molecule has 0 bridgehead atoms. The first-order valence-corrected chi connectivity index (χ1v) is 7.43. The van der Waals surface area contributed by atoms with Crippen LogP contribution in [0.3, 0.4) is 0 Å². The lowest BCUT2D eigenvalue weighted by Crippen LogP contribution is -2.51. The summed E-state index contributed by atoms with van der Waals surface area (Å²) < 4.78 is 5.62. The molecule has 2 unspecified atom stereocenters. The largest absolute Gasteiger partial charge is 0.508 e. The lowest BCUT2D eigenvalue weighted by Gasteiger charge is -2.37. The molecule has 1 saturated heterocycles. The summed E-state index contributed by atoms with van der Waals surface area (Å²) in [5.74, 6) is 0.182. The molecule has 19 heavy (non-hydrogen) atoms. The van der Waals surface area contributed by atoms with Crippen molar-refractivity contribution in [3.63, 3.8) is 0 Å². The molecule has 1 heterocycles. The summed E-state index contributed by atoms with van der Waals surface area (Å²) in [4.78, 5) is 14.4. The maximum absolute atomic E-state index is 12.6. The van der Waals surface area contributed by atoms with Gasteiger partial charge in [0.05, 0.1) is 18.8 Å². The van der Waals surface area contributed by atoms with Crippen molar-refractivity contribution in [2.45, 2.75) is 26.0 Å². The van der Waals surface area contributed by atoms with Crippen LogP contribution in [0.4, 0.5) is 0 Å². The van der Waals surface area contributed by atoms with Gasteiger partial charge in [-0.3, -0.25) is 4.79 Å². The predicted octanol–water partition coefficient (Wildman–Crippen LogP) is 2.33. The molecule has 1 fully saturated rings. The fourth-order valence-electron chi connectivity index (χ4n) is 2.24. The van der Waals surface area contributed by atoms with Crippen LogP contribution in [-0.2, 0) is 4.74 Å². The van der Waals surface area contributed by atoms with Gasteiger partial charge >= 0.3 is 0 Å². The van der Waals surface area contributed by atoms with Crippen LogP contribution >= 0.6 is 15.9 Å². The van der Waals surface area contributed by atoms with E-state index in [1.165, 1.54) is 0 Å². The van der Waals surface area contributed by atoms with E-state index in [1.54, 1.807) is 18.2 Å². The number of halogens is 1. The quantitative estimate of drug-likeness (QED) is 0.848. The van der Waals surface area contributed by atoms with E-state index in [-0.39, 0.29) is 23.8 Å². The number of rotatable bonds is 2. The summed E-state index contributed by atoms with van der Waals surface area (Å²) >= 11 is 3.39. The number of hydrogen-bond acceptors (Lipinski definition) is 3. The molecule has 1 N–H and O–H groups in total. The van der Waals surface area contributed by atoms with E-state index < -0.39 is 0 Å². The zero-order chi connectivity index (χ0) is 14.0. The Kier molecular flexibility index (Phi) is 4.47. The summed E-state index contributed by atoms with van der Waals surface area (Å²) in [6.45, 7) is 4.96. The van der Waals surface area contributed by atoms with Crippen LogP contribution in [0.2, 0.25) is 0 Å². The standard InChI is InChI=1S/C14H18BrNO3/c1-9-5-11(17)3-4-13(9)14(18)16-7-12(6-15)19-8-10(16)2/h3-5,10,12,17H,6-8H2,1-2H3. The SMILES string of the molecule is Cc1cc(O)ccc1C(=O)N1CC(CBr)OCC1C. The number of phenols is 1. The van der Waals surface area contributed by atoms with Gasteiger partial charge in [-0.15, -0.1) is 0 Å². The van der Waals surface area contributed by atoms with Gasteiger partial charge in [0, 0.05) is 17.4 Å². The van der Waals surface area contributed by atoms with Gasteiger partial charge in [0.15, 0.2) is 0 Å². The highest BCUT2D eigenvalue weighted by Gasteiger charge is 2.30. The third-order valence-corrected chi connectivity index (χ3v) is 4.10. The average molecular weight is 328 g/mol. The molecule has 2 rings (SSSR count). The maximum Gasteiger partial charge on any atom is 0.254 e. The lowest BCUT2D eigenvalue weighted by atomic mass is 10.1. The van der Waals surface area contributed by atoms with Crippen LogP contribution in [-0.4, -0.2) is 46.5 Å². The molecule has 0 radical (unpaired) electrons. The van der Waals surface area contributed by atoms with Gasteiger partial charge in [0.25, 0.3) is 5.91 Å². The number of aromatic hydroxyl groups is 1. The average Bonchev–Trinajstić information content (AvgIpc) is 2.38. The third kappa shape index (κ3) is 3.09. The number of nitrogens with zero attached hydrogens (tertiary/aromatic N) is 1. The molecular formula is C14H18BrNO3. The van der Waals surface area contributed by atoms with Crippen LogP contribution in [0, 0.1) is 6.92 Å². The molecule has 0 aliphatic carbocycles. The smallest absolute Gasteiger partial charge is 0.254 e. The highest BCUT2D eigenvalue weighted by molar-refractivity contribution is 9.09. The van der Waals surface area contributed by atoms with Crippen molar-refractivity contribution in [1.29, 1.82) is 0 Å². The van der Waals surface area contributed by atoms with Crippen LogP contribution in [0.5, 0.6) is 5.75 Å². The van der Waals surface area contributed by atoms with Gasteiger partial charge in [-0.2, -0.15) is 0 Å². The highest BCUT2D eigenvalue weighted by Crippen LogP contribution is 2.21. The minimum atomic E-state index is -0.000694. The monoisotopic (exact) mass is 327 g/mol. The van der Waals surface area contributed by atoms with E-state index in [1.807, 2.05) is 18.7 Å². The van der Waals surface area contributed by atoms with Crippen molar-refractivity contribution >= 4 is 21.8 Å². The maximum atomic E-state index is 12.6. The number of carbonyl (C=O) groups is 1. The van der Waals surface area contributed by atoms with E-state index in [4.69, 9.17) is 4.74 Å². The Hall–Kier alpha value is -1.07. The van der Waals surface area contributed by atoms with Crippen molar-refractivity contribution in [3.8, 4) is 5.75 Å². The molecule has 2 atom stereocenters. The second-order valence-electron chi connectivity index (χ2n) is 4.92. The van der Waals surface area contributed by atoms with E-state index in [2.05, 4.69) is 15.9 Å². The van der Waals surface area contributed by atoms with Gasteiger partial charge in [-0.05, 0) is 37.6 Å². The number of ether oxygens (including phenoxy) is 1. The van der Waals surface area contributed by atoms with Crippen molar-refractivity contribution in [2.75, 3.05) is 18.5 Å². The first kappa shape index (κ1) is 14.3. The first-order valence-electron chi connectivity index (χ1n) is 6.31. The number of amides is 1. The summed E-state index contributed by atoms with van der Waals surface area (Å²) in [5.41, 5.74) is 1.43. The second-order valence-corrected chi connectivity index (χ2v) is 5.56. The second kappa shape index (κ2) is 5.92. The Labute approximate surface area is 121 Å². The van der Waals surface area contributed by atoms with E-state index in [0.29, 0.717) is 18.7 Å². The Balaban J connectivity index is 2.22. The predicted molar refractivity (Wildman–Crippen MR) is 76.9 cm³/mol. The van der Waals surface area contributed by atoms with Crippen LogP contribution in [0.15, 0.2) is 18.2 Å². The first-order chi connectivity index (χ1) is 9.02. The molecule has 5 heteroatoms. The summed E-state index contributed by atoms with van der Waals surface area (Å²) in [6.07, 6.45) is 0.0394. The van der Waals surface area contributed by atoms with Crippen molar-refractivity contribution in [1.82, 2.24) is 4.90 Å². The van der Waals surface area contributed by atoms with Gasteiger partial charge < -0.3 is 14.7 Å². The van der Waals surface area contributed by atoms with Crippen molar-refractivity contribution in [3.05, 3.63) is 29.3 Å². The number of alkyl halides is 1. The molecule has 0 aromatic heterocycles. The minimum absolute atomic E-state index is 0.000694. The van der Waals surface area contributed by atoms with Gasteiger partial charge in [0.1, 0.15) is 5.75 Å². The van der Waals surface area contributed by atoms with Crippen molar-refractivity contribution in [2.24, 2.45) is 0 Å². The molecule has 104 valence electrons. The Morgan fingerprint density at radius 3 is 2.95 bits per heavy atom. The number of carbonyl (C=O) groups excluding carboxylic acids is 1. The van der Waals surface area contributed by atoms with Crippen molar-refractivity contribution < 1.29 is 14.6 Å². The Morgan fingerprint density at radius 1 is 1.58 bits per heavy atom. The Morgan fingerprint density at radius 2 is 2.32 bits per heavy atom. The van der Waals surface area contributed by atoms with Gasteiger partial charge in [0.2, 0.25) is 0 Å². The normalized spacial score (nSPS) is 23.4. The minimum Gasteiger partial charge on any atom is -0.508 e. The zero-order valence-corrected chi connectivity index (χ0v) is 12.7. The number of aryl methyl sites for hydroxylation is 1. The van der Waals surface area contributed by atoms with Crippen LogP contribution in [0.25, 0.3) is 0 Å². The number of morpholine rings is 1. The topological polar surface area (TPSA) is 49.8 Å². The molecule has 0 saturated carbocycles. The molecule has 0 spiro atoms. The summed E-state index contributed by atoms with van der Waals surface area (Å²) in [5, 5.41) is 10.1. The van der Waals surface area contributed by atoms with Gasteiger partial charge in [-0.25, -0.2) is 0 Å². The van der Waals surface area contributed by atoms with E-state index in [9.17, 15) is 9.90 Å². The van der Waals surface area contributed by atoms with Crippen LogP contribution in [0.1, 0.15) is 22.8 Å². The summed E-state index contributed by atoms with van der Waals surface area (Å²) in [6, 6.07) is 4.90. The fraction of sp³-hybridized carbons (Fsp3) is 0.500. The van der Waals surface area contributed by atoms with Crippen LogP contribution < -0.4 is 0 Å².